The molecule has 24 heavy (non-hydrogen) atoms. The van der Waals surface area contributed by atoms with E-state index in [1.54, 1.807) is 7.11 Å². The zero-order valence-corrected chi connectivity index (χ0v) is 14.0. The number of rotatable bonds is 3. The summed E-state index contributed by atoms with van der Waals surface area (Å²) in [4.78, 5) is 12.8. The van der Waals surface area contributed by atoms with Crippen LogP contribution in [0.2, 0.25) is 0 Å². The van der Waals surface area contributed by atoms with Crippen LogP contribution in [0.15, 0.2) is 18.2 Å². The molecule has 0 atom stereocenters. The van der Waals surface area contributed by atoms with Gasteiger partial charge in [-0.05, 0) is 19.2 Å². The van der Waals surface area contributed by atoms with E-state index in [0.717, 1.165) is 37.4 Å². The Morgan fingerprint density at radius 2 is 1.75 bits per heavy atom. The number of nitrogens with two attached hydrogens (primary N) is 3. The van der Waals surface area contributed by atoms with Gasteiger partial charge in [-0.25, -0.2) is 4.98 Å². The number of ether oxygens (including phenoxy) is 1. The fourth-order valence-corrected chi connectivity index (χ4v) is 2.85. The van der Waals surface area contributed by atoms with Crippen LogP contribution in [0.4, 0.5) is 23.1 Å². The minimum Gasteiger partial charge on any atom is -0.496 e. The third-order valence-electron chi connectivity index (χ3n) is 4.30. The van der Waals surface area contributed by atoms with Gasteiger partial charge in [0, 0.05) is 43.5 Å². The van der Waals surface area contributed by atoms with Crippen molar-refractivity contribution in [3.8, 4) is 17.0 Å². The van der Waals surface area contributed by atoms with E-state index in [-0.39, 0.29) is 11.8 Å². The van der Waals surface area contributed by atoms with Crippen LogP contribution >= 0.6 is 0 Å². The van der Waals surface area contributed by atoms with Crippen molar-refractivity contribution in [2.24, 2.45) is 0 Å². The first-order valence-corrected chi connectivity index (χ1v) is 7.80. The molecule has 6 N–H and O–H groups in total. The minimum atomic E-state index is 0.0851. The van der Waals surface area contributed by atoms with E-state index < -0.39 is 0 Å². The van der Waals surface area contributed by atoms with Gasteiger partial charge in [0.2, 0.25) is 5.95 Å². The van der Waals surface area contributed by atoms with E-state index in [1.807, 2.05) is 18.2 Å². The van der Waals surface area contributed by atoms with Crippen LogP contribution in [0.25, 0.3) is 11.3 Å². The highest BCUT2D eigenvalue weighted by atomic mass is 16.5. The number of aromatic nitrogens is 2. The minimum absolute atomic E-state index is 0.0851. The Kier molecular flexibility index (Phi) is 4.30. The van der Waals surface area contributed by atoms with E-state index >= 15 is 0 Å². The molecule has 1 aromatic heterocycles. The molecule has 1 fully saturated rings. The zero-order valence-electron chi connectivity index (χ0n) is 14.0. The molecule has 0 unspecified atom stereocenters. The van der Waals surface area contributed by atoms with Gasteiger partial charge in [0.15, 0.2) is 5.82 Å². The number of benzene rings is 1. The smallest absolute Gasteiger partial charge is 0.222 e. The Labute approximate surface area is 141 Å². The number of nitrogen functional groups attached to an aromatic ring is 3. The largest absolute Gasteiger partial charge is 0.496 e. The molecule has 0 saturated carbocycles. The first-order valence-electron chi connectivity index (χ1n) is 7.80. The maximum atomic E-state index is 6.03. The highest BCUT2D eigenvalue weighted by Gasteiger charge is 2.19. The van der Waals surface area contributed by atoms with Crippen molar-refractivity contribution in [2.45, 2.75) is 0 Å². The lowest BCUT2D eigenvalue weighted by molar-refractivity contribution is 0.312. The van der Waals surface area contributed by atoms with Crippen LogP contribution in [-0.2, 0) is 0 Å². The van der Waals surface area contributed by atoms with Gasteiger partial charge in [0.25, 0.3) is 0 Å². The second-order valence-corrected chi connectivity index (χ2v) is 5.90. The first-order chi connectivity index (χ1) is 11.5. The van der Waals surface area contributed by atoms with Crippen molar-refractivity contribution in [1.82, 2.24) is 14.9 Å². The Balaban J connectivity index is 1.99. The lowest BCUT2D eigenvalue weighted by Crippen LogP contribution is -2.44. The summed E-state index contributed by atoms with van der Waals surface area (Å²) >= 11 is 0. The topological polar surface area (TPSA) is 120 Å². The van der Waals surface area contributed by atoms with Gasteiger partial charge in [0.05, 0.1) is 7.11 Å². The average Bonchev–Trinajstić information content (AvgIpc) is 2.58. The highest BCUT2D eigenvalue weighted by Crippen LogP contribution is 2.37. The quantitative estimate of drug-likeness (QED) is 0.751. The highest BCUT2D eigenvalue weighted by molar-refractivity contribution is 5.84. The maximum absolute atomic E-state index is 6.03. The van der Waals surface area contributed by atoms with Crippen LogP contribution in [-0.4, -0.2) is 55.2 Å². The molecule has 1 aromatic carbocycles. The predicted octanol–water partition coefficient (Wildman–Crippen LogP) is 0.651. The number of hydrogen-bond acceptors (Lipinski definition) is 8. The van der Waals surface area contributed by atoms with Crippen LogP contribution in [0.5, 0.6) is 5.75 Å². The lowest BCUT2D eigenvalue weighted by atomic mass is 10.1. The molecule has 0 spiro atoms. The zero-order chi connectivity index (χ0) is 17.3. The van der Waals surface area contributed by atoms with Crippen LogP contribution < -0.4 is 26.8 Å². The number of piperazine rings is 1. The van der Waals surface area contributed by atoms with Crippen LogP contribution in [0.3, 0.4) is 0 Å². The van der Waals surface area contributed by atoms with Crippen molar-refractivity contribution in [2.75, 3.05) is 62.4 Å². The van der Waals surface area contributed by atoms with E-state index in [1.165, 1.54) is 0 Å². The normalized spacial score (nSPS) is 15.5. The van der Waals surface area contributed by atoms with Gasteiger partial charge >= 0.3 is 0 Å². The Hall–Kier alpha value is -2.74. The van der Waals surface area contributed by atoms with E-state index in [4.69, 9.17) is 21.9 Å². The summed E-state index contributed by atoms with van der Waals surface area (Å²) in [7, 11) is 3.75. The van der Waals surface area contributed by atoms with Gasteiger partial charge in [-0.15, -0.1) is 0 Å². The third kappa shape index (κ3) is 3.00. The van der Waals surface area contributed by atoms with Crippen molar-refractivity contribution < 1.29 is 4.74 Å². The van der Waals surface area contributed by atoms with Gasteiger partial charge in [-0.2, -0.15) is 4.98 Å². The average molecular weight is 329 g/mol. The molecule has 8 nitrogen and oxygen atoms in total. The van der Waals surface area contributed by atoms with Crippen molar-refractivity contribution in [3.63, 3.8) is 0 Å². The van der Waals surface area contributed by atoms with Gasteiger partial charge in [0.1, 0.15) is 17.1 Å². The summed E-state index contributed by atoms with van der Waals surface area (Å²) in [5.41, 5.74) is 20.2. The molecule has 0 radical (unpaired) electrons. The maximum Gasteiger partial charge on any atom is 0.222 e. The molecular formula is C16H23N7O. The molecule has 3 rings (SSSR count). The molecule has 1 aliphatic heterocycles. The summed E-state index contributed by atoms with van der Waals surface area (Å²) in [5.74, 6) is 0.931. The lowest BCUT2D eigenvalue weighted by Gasteiger charge is -2.34. The molecule has 2 heterocycles. The third-order valence-corrected chi connectivity index (χ3v) is 4.30. The molecule has 0 bridgehead atoms. The number of likely N-dealkylation sites (N-methyl/N-ethyl adjacent to an activating group) is 1. The second kappa shape index (κ2) is 6.40. The molecule has 128 valence electrons. The molecule has 1 saturated heterocycles. The Bertz CT molecular complexity index is 741. The number of nitrogens with zero attached hydrogens (tertiary/aromatic N) is 4. The fraction of sp³-hybridized carbons (Fsp3) is 0.375. The van der Waals surface area contributed by atoms with Gasteiger partial charge in [-0.3, -0.25) is 0 Å². The van der Waals surface area contributed by atoms with Crippen molar-refractivity contribution >= 4 is 23.1 Å². The van der Waals surface area contributed by atoms with E-state index in [9.17, 15) is 0 Å². The second-order valence-electron chi connectivity index (χ2n) is 5.90. The molecule has 0 amide bonds. The van der Waals surface area contributed by atoms with Crippen LogP contribution in [0.1, 0.15) is 0 Å². The number of methoxy groups -OCH3 is 1. The SMILES string of the molecule is COc1cc(N2CCN(C)CC2)ccc1-c1nc(N)nc(N)c1N. The van der Waals surface area contributed by atoms with E-state index in [2.05, 4.69) is 26.8 Å². The summed E-state index contributed by atoms with van der Waals surface area (Å²) < 4.78 is 5.55. The monoisotopic (exact) mass is 329 g/mol. The standard InChI is InChI=1S/C16H23N7O/c1-22-5-7-23(8-6-22)10-3-4-11(12(9-10)24-2)14-13(17)15(18)21-16(19)20-14/h3-4,9H,5-8,17H2,1-2H3,(H4,18,19,20,21). The Morgan fingerprint density at radius 3 is 2.42 bits per heavy atom. The summed E-state index contributed by atoms with van der Waals surface area (Å²) in [6.45, 7) is 4.04. The Morgan fingerprint density at radius 1 is 1.04 bits per heavy atom. The fourth-order valence-electron chi connectivity index (χ4n) is 2.85. The molecule has 2 aromatic rings. The number of anilines is 4. The van der Waals surface area contributed by atoms with Crippen LogP contribution in [0, 0.1) is 0 Å². The summed E-state index contributed by atoms with van der Waals surface area (Å²) in [6.07, 6.45) is 0. The van der Waals surface area contributed by atoms with Crippen molar-refractivity contribution in [3.05, 3.63) is 18.2 Å². The summed E-state index contributed by atoms with van der Waals surface area (Å²) in [6, 6.07) is 5.97. The first kappa shape index (κ1) is 16.1. The van der Waals surface area contributed by atoms with Gasteiger partial charge in [-0.1, -0.05) is 0 Å². The van der Waals surface area contributed by atoms with Crippen molar-refractivity contribution in [1.29, 1.82) is 0 Å². The number of hydrogen-bond donors (Lipinski definition) is 3. The molecule has 8 heteroatoms. The molecule has 0 aliphatic carbocycles. The molecule has 1 aliphatic rings. The molecular weight excluding hydrogens is 306 g/mol. The van der Waals surface area contributed by atoms with E-state index in [0.29, 0.717) is 17.1 Å². The summed E-state index contributed by atoms with van der Waals surface area (Å²) in [5, 5.41) is 0. The van der Waals surface area contributed by atoms with Gasteiger partial charge < -0.3 is 31.7 Å². The predicted molar refractivity (Wildman–Crippen MR) is 97.0 cm³/mol.